The average Bonchev–Trinajstić information content (AvgIpc) is 2.21. The minimum atomic E-state index is -0.863. The fraction of sp³-hybridized carbons (Fsp3) is 0.357. The van der Waals surface area contributed by atoms with E-state index in [9.17, 15) is 4.79 Å². The van der Waals surface area contributed by atoms with Crippen molar-refractivity contribution in [2.24, 2.45) is 0 Å². The number of benzene rings is 1. The molecule has 0 heterocycles. The van der Waals surface area contributed by atoms with E-state index < -0.39 is 5.97 Å². The highest BCUT2D eigenvalue weighted by atomic mass is 16.4. The second kappa shape index (κ2) is 4.52. The molecule has 0 bridgehead atoms. The number of hydrogen-bond acceptors (Lipinski definition) is 1. The van der Waals surface area contributed by atoms with Gasteiger partial charge in [0.2, 0.25) is 0 Å². The van der Waals surface area contributed by atoms with Gasteiger partial charge in [0.25, 0.3) is 0 Å². The summed E-state index contributed by atoms with van der Waals surface area (Å²) in [4.78, 5) is 10.8. The van der Waals surface area contributed by atoms with Crippen LogP contribution >= 0.6 is 0 Å². The number of aliphatic carboxylic acids is 1. The topological polar surface area (TPSA) is 37.3 Å². The molecular formula is C14H18O2. The number of carbonyl (C=O) groups is 1. The first-order valence-electron chi connectivity index (χ1n) is 5.33. The molecule has 0 aliphatic carbocycles. The minimum Gasteiger partial charge on any atom is -0.478 e. The Kier molecular flexibility index (Phi) is 3.53. The zero-order valence-corrected chi connectivity index (χ0v) is 10.5. The molecule has 16 heavy (non-hydrogen) atoms. The highest BCUT2D eigenvalue weighted by Crippen LogP contribution is 2.23. The first kappa shape index (κ1) is 12.5. The largest absolute Gasteiger partial charge is 0.478 e. The number of rotatable bonds is 2. The molecule has 2 heteroatoms. The molecule has 0 radical (unpaired) electrons. The van der Waals surface area contributed by atoms with Gasteiger partial charge in [0.1, 0.15) is 0 Å². The number of carboxylic acid groups (broad SMARTS) is 1. The van der Waals surface area contributed by atoms with Crippen molar-refractivity contribution in [3.05, 3.63) is 39.5 Å². The van der Waals surface area contributed by atoms with Crippen molar-refractivity contribution in [2.45, 2.75) is 34.6 Å². The maximum absolute atomic E-state index is 10.8. The van der Waals surface area contributed by atoms with Crippen LogP contribution in [-0.2, 0) is 4.79 Å². The van der Waals surface area contributed by atoms with E-state index in [0.717, 1.165) is 16.7 Å². The molecule has 86 valence electrons. The highest BCUT2D eigenvalue weighted by molar-refractivity contribution is 5.92. The Balaban J connectivity index is 3.44. The molecule has 1 aromatic rings. The first-order valence-corrected chi connectivity index (χ1v) is 5.33. The molecule has 0 spiro atoms. The summed E-state index contributed by atoms with van der Waals surface area (Å²) in [6.07, 6.45) is 1.76. The van der Waals surface area contributed by atoms with E-state index in [1.54, 1.807) is 13.0 Å². The Morgan fingerprint density at radius 2 is 1.56 bits per heavy atom. The predicted molar refractivity (Wildman–Crippen MR) is 66.7 cm³/mol. The third-order valence-electron chi connectivity index (χ3n) is 3.12. The SMILES string of the molecule is C/C(=C\c1c(C)c(C)cc(C)c1C)C(=O)O. The van der Waals surface area contributed by atoms with E-state index in [-0.39, 0.29) is 0 Å². The Labute approximate surface area is 96.6 Å². The molecule has 1 rings (SSSR count). The summed E-state index contributed by atoms with van der Waals surface area (Å²) in [5, 5.41) is 8.90. The van der Waals surface area contributed by atoms with Crippen LogP contribution in [0.2, 0.25) is 0 Å². The number of hydrogen-bond donors (Lipinski definition) is 1. The fourth-order valence-corrected chi connectivity index (χ4v) is 1.74. The molecule has 1 aromatic carbocycles. The van der Waals surface area contributed by atoms with Gasteiger partial charge in [-0.2, -0.15) is 0 Å². The molecule has 0 fully saturated rings. The quantitative estimate of drug-likeness (QED) is 0.772. The standard InChI is InChI=1S/C14H18O2/c1-8-6-9(2)12(5)13(11(8)4)7-10(3)14(15)16/h6-7H,1-5H3,(H,15,16)/b10-7+. The van der Waals surface area contributed by atoms with E-state index in [2.05, 4.69) is 19.9 Å². The van der Waals surface area contributed by atoms with Gasteiger partial charge in [-0.1, -0.05) is 6.07 Å². The smallest absolute Gasteiger partial charge is 0.331 e. The summed E-state index contributed by atoms with van der Waals surface area (Å²) in [5.74, 6) is -0.863. The molecule has 2 nitrogen and oxygen atoms in total. The normalized spacial score (nSPS) is 11.7. The summed E-state index contributed by atoms with van der Waals surface area (Å²) >= 11 is 0. The molecule has 0 aliphatic rings. The average molecular weight is 218 g/mol. The van der Waals surface area contributed by atoms with E-state index in [0.29, 0.717) is 5.57 Å². The van der Waals surface area contributed by atoms with Crippen LogP contribution in [0, 0.1) is 27.7 Å². The lowest BCUT2D eigenvalue weighted by molar-refractivity contribution is -0.132. The second-order valence-corrected chi connectivity index (χ2v) is 4.31. The number of aryl methyl sites for hydroxylation is 2. The second-order valence-electron chi connectivity index (χ2n) is 4.31. The van der Waals surface area contributed by atoms with Crippen LogP contribution in [0.25, 0.3) is 6.08 Å². The number of carboxylic acids is 1. The van der Waals surface area contributed by atoms with Crippen molar-refractivity contribution >= 4 is 12.0 Å². The van der Waals surface area contributed by atoms with Crippen LogP contribution in [0.4, 0.5) is 0 Å². The highest BCUT2D eigenvalue weighted by Gasteiger charge is 2.08. The predicted octanol–water partition coefficient (Wildman–Crippen LogP) is 3.41. The van der Waals surface area contributed by atoms with Gasteiger partial charge in [0.05, 0.1) is 0 Å². The zero-order valence-electron chi connectivity index (χ0n) is 10.5. The molecule has 0 amide bonds. The van der Waals surface area contributed by atoms with Crippen LogP contribution in [0.1, 0.15) is 34.7 Å². The summed E-state index contributed by atoms with van der Waals surface area (Å²) in [5.41, 5.74) is 6.13. The van der Waals surface area contributed by atoms with Crippen LogP contribution in [0.15, 0.2) is 11.6 Å². The van der Waals surface area contributed by atoms with Crippen LogP contribution in [-0.4, -0.2) is 11.1 Å². The summed E-state index contributed by atoms with van der Waals surface area (Å²) in [6.45, 7) is 9.79. The lowest BCUT2D eigenvalue weighted by Gasteiger charge is -2.12. The Hall–Kier alpha value is -1.57. The van der Waals surface area contributed by atoms with Gasteiger partial charge in [-0.3, -0.25) is 0 Å². The molecular weight excluding hydrogens is 200 g/mol. The maximum atomic E-state index is 10.8. The molecule has 1 N–H and O–H groups in total. The monoisotopic (exact) mass is 218 g/mol. The van der Waals surface area contributed by atoms with Crippen molar-refractivity contribution in [2.75, 3.05) is 0 Å². The van der Waals surface area contributed by atoms with Crippen LogP contribution in [0.3, 0.4) is 0 Å². The van der Waals surface area contributed by atoms with Crippen molar-refractivity contribution in [1.29, 1.82) is 0 Å². The van der Waals surface area contributed by atoms with Gasteiger partial charge in [0, 0.05) is 5.57 Å². The Morgan fingerprint density at radius 1 is 1.12 bits per heavy atom. The molecule has 0 aliphatic heterocycles. The first-order chi connectivity index (χ1) is 7.34. The Bertz CT molecular complexity index is 442. The van der Waals surface area contributed by atoms with Crippen molar-refractivity contribution in [3.8, 4) is 0 Å². The van der Waals surface area contributed by atoms with Gasteiger partial charge in [-0.15, -0.1) is 0 Å². The van der Waals surface area contributed by atoms with E-state index in [1.807, 2.05) is 13.8 Å². The van der Waals surface area contributed by atoms with E-state index in [4.69, 9.17) is 5.11 Å². The van der Waals surface area contributed by atoms with Gasteiger partial charge in [-0.25, -0.2) is 4.79 Å². The third-order valence-corrected chi connectivity index (χ3v) is 3.12. The van der Waals surface area contributed by atoms with Crippen molar-refractivity contribution in [3.63, 3.8) is 0 Å². The lowest BCUT2D eigenvalue weighted by Crippen LogP contribution is -1.99. The summed E-state index contributed by atoms with van der Waals surface area (Å²) in [7, 11) is 0. The lowest BCUT2D eigenvalue weighted by atomic mass is 9.93. The molecule has 0 unspecified atom stereocenters. The molecule has 0 atom stereocenters. The minimum absolute atomic E-state index is 0.371. The van der Waals surface area contributed by atoms with Crippen molar-refractivity contribution in [1.82, 2.24) is 0 Å². The molecule has 0 saturated carbocycles. The summed E-state index contributed by atoms with van der Waals surface area (Å²) < 4.78 is 0. The van der Waals surface area contributed by atoms with Gasteiger partial charge in [0.15, 0.2) is 0 Å². The van der Waals surface area contributed by atoms with Crippen LogP contribution < -0.4 is 0 Å². The maximum Gasteiger partial charge on any atom is 0.331 e. The molecule has 0 saturated heterocycles. The Morgan fingerprint density at radius 3 is 1.94 bits per heavy atom. The van der Waals surface area contributed by atoms with Gasteiger partial charge < -0.3 is 5.11 Å². The van der Waals surface area contributed by atoms with E-state index in [1.165, 1.54) is 11.1 Å². The van der Waals surface area contributed by atoms with E-state index >= 15 is 0 Å². The third kappa shape index (κ3) is 2.32. The van der Waals surface area contributed by atoms with Crippen LogP contribution in [0.5, 0.6) is 0 Å². The fourth-order valence-electron chi connectivity index (χ4n) is 1.74. The summed E-state index contributed by atoms with van der Waals surface area (Å²) in [6, 6.07) is 2.14. The molecule has 0 aromatic heterocycles. The van der Waals surface area contributed by atoms with Gasteiger partial charge >= 0.3 is 5.97 Å². The zero-order chi connectivity index (χ0) is 12.5. The van der Waals surface area contributed by atoms with Gasteiger partial charge in [-0.05, 0) is 68.5 Å². The van der Waals surface area contributed by atoms with Crippen molar-refractivity contribution < 1.29 is 9.90 Å².